The summed E-state index contributed by atoms with van der Waals surface area (Å²) >= 11 is 1.24. The van der Waals surface area contributed by atoms with Crippen molar-refractivity contribution in [2.24, 2.45) is 5.92 Å². The molecular formula is C17H17N5O2S. The van der Waals surface area contributed by atoms with Gasteiger partial charge in [-0.3, -0.25) is 19.9 Å². The quantitative estimate of drug-likeness (QED) is 0.802. The number of rotatable bonds is 6. The second kappa shape index (κ2) is 7.85. The second-order valence-corrected chi connectivity index (χ2v) is 6.67. The Balaban J connectivity index is 1.63. The third-order valence-corrected chi connectivity index (χ3v) is 4.56. The lowest BCUT2D eigenvalue weighted by Crippen LogP contribution is -2.41. The van der Waals surface area contributed by atoms with Gasteiger partial charge in [-0.25, -0.2) is 4.98 Å². The van der Waals surface area contributed by atoms with Crippen molar-refractivity contribution in [3.8, 4) is 17.5 Å². The lowest BCUT2D eigenvalue weighted by molar-refractivity contribution is -0.143. The van der Waals surface area contributed by atoms with Crippen LogP contribution in [-0.2, 0) is 9.59 Å². The average Bonchev–Trinajstić information content (AvgIpc) is 3.34. The normalized spacial score (nSPS) is 13.1. The topological polar surface area (TPSA) is 99.0 Å². The summed E-state index contributed by atoms with van der Waals surface area (Å²) in [6, 6.07) is 7.51. The van der Waals surface area contributed by atoms with Crippen molar-refractivity contribution in [3.63, 3.8) is 0 Å². The SMILES string of the molecule is N#CCCN(CC1CC1)C(=O)C(=O)Nc1nc(-c2ccccn2)cs1. The van der Waals surface area contributed by atoms with Gasteiger partial charge in [0, 0.05) is 24.7 Å². The van der Waals surface area contributed by atoms with Crippen LogP contribution in [0.5, 0.6) is 0 Å². The summed E-state index contributed by atoms with van der Waals surface area (Å²) < 4.78 is 0. The molecule has 2 aromatic rings. The van der Waals surface area contributed by atoms with Gasteiger partial charge in [-0.2, -0.15) is 5.26 Å². The van der Waals surface area contributed by atoms with Crippen LogP contribution in [0.15, 0.2) is 29.8 Å². The highest BCUT2D eigenvalue weighted by Gasteiger charge is 2.29. The number of nitriles is 1. The summed E-state index contributed by atoms with van der Waals surface area (Å²) in [5, 5.41) is 13.4. The molecule has 0 bridgehead atoms. The number of carbonyl (C=O) groups excluding carboxylic acids is 2. The fraction of sp³-hybridized carbons (Fsp3) is 0.353. The van der Waals surface area contributed by atoms with Crippen molar-refractivity contribution in [3.05, 3.63) is 29.8 Å². The molecule has 0 aliphatic heterocycles. The highest BCUT2D eigenvalue weighted by atomic mass is 32.1. The highest BCUT2D eigenvalue weighted by Crippen LogP contribution is 2.30. The molecule has 1 aliphatic carbocycles. The molecule has 2 amide bonds. The molecule has 1 N–H and O–H groups in total. The molecule has 128 valence electrons. The zero-order chi connectivity index (χ0) is 17.6. The first-order chi connectivity index (χ1) is 12.2. The van der Waals surface area contributed by atoms with Crippen molar-refractivity contribution in [1.82, 2.24) is 14.9 Å². The summed E-state index contributed by atoms with van der Waals surface area (Å²) in [6.07, 6.45) is 4.02. The van der Waals surface area contributed by atoms with E-state index in [9.17, 15) is 9.59 Å². The van der Waals surface area contributed by atoms with Crippen molar-refractivity contribution in [2.45, 2.75) is 19.3 Å². The standard InChI is InChI=1S/C17H17N5O2S/c18-7-3-9-22(10-12-5-6-12)16(24)15(23)21-17-20-14(11-25-17)13-4-1-2-8-19-13/h1-2,4,8,11-12H,3,5-6,9-10H2,(H,20,21,23). The fourth-order valence-electron chi connectivity index (χ4n) is 2.33. The molecule has 1 aliphatic rings. The van der Waals surface area contributed by atoms with E-state index in [0.717, 1.165) is 12.8 Å². The predicted octanol–water partition coefficient (Wildman–Crippen LogP) is 2.30. The Hall–Kier alpha value is -2.79. The van der Waals surface area contributed by atoms with Crippen LogP contribution in [0.25, 0.3) is 11.4 Å². The van der Waals surface area contributed by atoms with Crippen molar-refractivity contribution >= 4 is 28.3 Å². The summed E-state index contributed by atoms with van der Waals surface area (Å²) in [7, 11) is 0. The van der Waals surface area contributed by atoms with Gasteiger partial charge < -0.3 is 4.90 Å². The number of anilines is 1. The third kappa shape index (κ3) is 4.61. The van der Waals surface area contributed by atoms with Gasteiger partial charge in [-0.15, -0.1) is 11.3 Å². The van der Waals surface area contributed by atoms with Gasteiger partial charge in [0.1, 0.15) is 5.69 Å². The molecule has 0 saturated heterocycles. The predicted molar refractivity (Wildman–Crippen MR) is 93.5 cm³/mol. The minimum absolute atomic E-state index is 0.215. The fourth-order valence-corrected chi connectivity index (χ4v) is 3.03. The Morgan fingerprint density at radius 2 is 2.20 bits per heavy atom. The van der Waals surface area contributed by atoms with E-state index in [-0.39, 0.29) is 13.0 Å². The van der Waals surface area contributed by atoms with E-state index in [4.69, 9.17) is 5.26 Å². The Bertz CT molecular complexity index is 795. The number of hydrogen-bond donors (Lipinski definition) is 1. The molecule has 8 heteroatoms. The molecule has 3 rings (SSSR count). The van der Waals surface area contributed by atoms with Gasteiger partial charge in [-0.1, -0.05) is 6.07 Å². The second-order valence-electron chi connectivity index (χ2n) is 5.81. The van der Waals surface area contributed by atoms with Crippen molar-refractivity contribution < 1.29 is 9.59 Å². The van der Waals surface area contributed by atoms with Crippen LogP contribution in [0, 0.1) is 17.2 Å². The van der Waals surface area contributed by atoms with Crippen LogP contribution in [0.2, 0.25) is 0 Å². The number of hydrogen-bond acceptors (Lipinski definition) is 6. The molecule has 2 heterocycles. The Labute approximate surface area is 149 Å². The molecule has 0 atom stereocenters. The van der Waals surface area contributed by atoms with E-state index in [1.165, 1.54) is 16.2 Å². The maximum absolute atomic E-state index is 12.4. The number of nitrogens with one attached hydrogen (secondary N) is 1. The van der Waals surface area contributed by atoms with Crippen LogP contribution in [-0.4, -0.2) is 39.8 Å². The van der Waals surface area contributed by atoms with Crippen molar-refractivity contribution in [2.75, 3.05) is 18.4 Å². The first-order valence-electron chi connectivity index (χ1n) is 8.01. The lowest BCUT2D eigenvalue weighted by atomic mass is 10.3. The molecule has 25 heavy (non-hydrogen) atoms. The minimum atomic E-state index is -0.722. The molecule has 0 unspecified atom stereocenters. The zero-order valence-corrected chi connectivity index (χ0v) is 14.3. The molecule has 0 radical (unpaired) electrons. The lowest BCUT2D eigenvalue weighted by Gasteiger charge is -2.20. The van der Waals surface area contributed by atoms with Crippen LogP contribution in [0.4, 0.5) is 5.13 Å². The van der Waals surface area contributed by atoms with E-state index < -0.39 is 11.8 Å². The largest absolute Gasteiger partial charge is 0.333 e. The summed E-state index contributed by atoms with van der Waals surface area (Å²) in [6.45, 7) is 0.807. The third-order valence-electron chi connectivity index (χ3n) is 3.80. The molecule has 7 nitrogen and oxygen atoms in total. The van der Waals surface area contributed by atoms with Gasteiger partial charge in [0.15, 0.2) is 5.13 Å². The van der Waals surface area contributed by atoms with E-state index in [0.29, 0.717) is 29.0 Å². The van der Waals surface area contributed by atoms with Gasteiger partial charge in [-0.05, 0) is 30.9 Å². The first kappa shape index (κ1) is 17.0. The monoisotopic (exact) mass is 355 g/mol. The number of carbonyl (C=O) groups is 2. The summed E-state index contributed by atoms with van der Waals surface area (Å²) in [5.41, 5.74) is 1.35. The number of pyridine rings is 1. The summed E-state index contributed by atoms with van der Waals surface area (Å²) in [5.74, 6) is -0.886. The molecular weight excluding hydrogens is 338 g/mol. The van der Waals surface area contributed by atoms with Gasteiger partial charge in [0.25, 0.3) is 0 Å². The van der Waals surface area contributed by atoms with E-state index in [1.807, 2.05) is 24.3 Å². The van der Waals surface area contributed by atoms with E-state index in [1.54, 1.807) is 11.6 Å². The van der Waals surface area contributed by atoms with Crippen LogP contribution in [0.1, 0.15) is 19.3 Å². The Morgan fingerprint density at radius 3 is 2.88 bits per heavy atom. The molecule has 0 aromatic carbocycles. The minimum Gasteiger partial charge on any atom is -0.333 e. The number of nitrogens with zero attached hydrogens (tertiary/aromatic N) is 4. The Kier molecular flexibility index (Phi) is 5.36. The van der Waals surface area contributed by atoms with E-state index >= 15 is 0 Å². The maximum Gasteiger partial charge on any atom is 0.315 e. The number of thiazole rings is 1. The summed E-state index contributed by atoms with van der Waals surface area (Å²) in [4.78, 5) is 34.6. The Morgan fingerprint density at radius 1 is 1.36 bits per heavy atom. The van der Waals surface area contributed by atoms with Gasteiger partial charge in [0.2, 0.25) is 0 Å². The molecule has 1 saturated carbocycles. The zero-order valence-electron chi connectivity index (χ0n) is 13.5. The number of aromatic nitrogens is 2. The van der Waals surface area contributed by atoms with Crippen LogP contribution in [0.3, 0.4) is 0 Å². The molecule has 1 fully saturated rings. The highest BCUT2D eigenvalue weighted by molar-refractivity contribution is 7.14. The smallest absolute Gasteiger partial charge is 0.315 e. The van der Waals surface area contributed by atoms with Crippen molar-refractivity contribution in [1.29, 1.82) is 5.26 Å². The average molecular weight is 355 g/mol. The van der Waals surface area contributed by atoms with Gasteiger partial charge >= 0.3 is 11.8 Å². The first-order valence-corrected chi connectivity index (χ1v) is 8.89. The maximum atomic E-state index is 12.4. The van der Waals surface area contributed by atoms with E-state index in [2.05, 4.69) is 15.3 Å². The number of amides is 2. The van der Waals surface area contributed by atoms with Crippen LogP contribution >= 0.6 is 11.3 Å². The molecule has 2 aromatic heterocycles. The molecule has 0 spiro atoms. The van der Waals surface area contributed by atoms with Crippen LogP contribution < -0.4 is 5.32 Å². The van der Waals surface area contributed by atoms with Gasteiger partial charge in [0.05, 0.1) is 18.2 Å².